The quantitative estimate of drug-likeness (QED) is 0.741. The minimum atomic E-state index is 0.208. The van der Waals surface area contributed by atoms with Crippen molar-refractivity contribution < 1.29 is 4.74 Å². The van der Waals surface area contributed by atoms with Crippen LogP contribution in [0.4, 0.5) is 0 Å². The third-order valence-electron chi connectivity index (χ3n) is 1.89. The summed E-state index contributed by atoms with van der Waals surface area (Å²) in [5.74, 6) is 1.41. The highest BCUT2D eigenvalue weighted by Crippen LogP contribution is 2.10. The maximum atomic E-state index is 5.54. The van der Waals surface area contributed by atoms with E-state index < -0.39 is 0 Å². The van der Waals surface area contributed by atoms with Crippen molar-refractivity contribution in [2.75, 3.05) is 0 Å². The first-order chi connectivity index (χ1) is 7.25. The van der Waals surface area contributed by atoms with Gasteiger partial charge in [0.15, 0.2) is 5.75 Å². The Morgan fingerprint density at radius 2 is 2.07 bits per heavy atom. The van der Waals surface area contributed by atoms with Crippen molar-refractivity contribution in [3.8, 4) is 5.75 Å². The summed E-state index contributed by atoms with van der Waals surface area (Å²) in [7, 11) is 1.91. The number of aryl methyl sites for hydroxylation is 1. The topological polar surface area (TPSA) is 52.8 Å². The molecule has 0 fully saturated rings. The second kappa shape index (κ2) is 4.27. The van der Waals surface area contributed by atoms with E-state index in [4.69, 9.17) is 16.3 Å². The highest BCUT2D eigenvalue weighted by atomic mass is 35.5. The summed E-state index contributed by atoms with van der Waals surface area (Å²) < 4.78 is 7.30. The zero-order chi connectivity index (χ0) is 10.7. The first-order valence-electron chi connectivity index (χ1n) is 4.32. The first-order valence-corrected chi connectivity index (χ1v) is 4.70. The van der Waals surface area contributed by atoms with Crippen LogP contribution in [-0.4, -0.2) is 19.5 Å². The molecule has 78 valence electrons. The van der Waals surface area contributed by atoms with Gasteiger partial charge in [-0.05, 0) is 11.6 Å². The van der Waals surface area contributed by atoms with Gasteiger partial charge in [0.2, 0.25) is 5.28 Å². The third-order valence-corrected chi connectivity index (χ3v) is 2.08. The van der Waals surface area contributed by atoms with Gasteiger partial charge in [0.25, 0.3) is 0 Å². The molecule has 2 aromatic heterocycles. The van der Waals surface area contributed by atoms with Crippen LogP contribution in [0.2, 0.25) is 5.28 Å². The molecular formula is C9H9ClN4O. The zero-order valence-corrected chi connectivity index (χ0v) is 8.85. The van der Waals surface area contributed by atoms with Gasteiger partial charge in [0, 0.05) is 19.4 Å². The van der Waals surface area contributed by atoms with E-state index in [1.165, 1.54) is 12.4 Å². The average molecular weight is 225 g/mol. The maximum absolute atomic E-state index is 5.54. The van der Waals surface area contributed by atoms with Crippen molar-refractivity contribution in [3.05, 3.63) is 35.9 Å². The van der Waals surface area contributed by atoms with Crippen LogP contribution in [0.5, 0.6) is 5.75 Å². The van der Waals surface area contributed by atoms with Crippen LogP contribution in [0.3, 0.4) is 0 Å². The van der Waals surface area contributed by atoms with Crippen LogP contribution in [0, 0.1) is 0 Å². The molecule has 0 amide bonds. The van der Waals surface area contributed by atoms with Gasteiger partial charge in [0.1, 0.15) is 12.4 Å². The van der Waals surface area contributed by atoms with Gasteiger partial charge >= 0.3 is 0 Å². The SMILES string of the molecule is Cn1ccnc1COc1cnc(Cl)nc1. The lowest BCUT2D eigenvalue weighted by Crippen LogP contribution is -2.03. The molecule has 0 unspecified atom stereocenters. The molecule has 0 aliphatic rings. The molecule has 5 nitrogen and oxygen atoms in total. The van der Waals surface area contributed by atoms with E-state index in [1.807, 2.05) is 17.8 Å². The summed E-state index contributed by atoms with van der Waals surface area (Å²) in [6, 6.07) is 0. The molecule has 2 aromatic rings. The van der Waals surface area contributed by atoms with Gasteiger partial charge in [-0.25, -0.2) is 15.0 Å². The average Bonchev–Trinajstić information content (AvgIpc) is 2.63. The van der Waals surface area contributed by atoms with Crippen molar-refractivity contribution in [2.24, 2.45) is 7.05 Å². The molecule has 2 rings (SSSR count). The Kier molecular flexibility index (Phi) is 2.82. The van der Waals surface area contributed by atoms with Crippen LogP contribution >= 0.6 is 11.6 Å². The fourth-order valence-corrected chi connectivity index (χ4v) is 1.16. The highest BCUT2D eigenvalue weighted by Gasteiger charge is 2.01. The Bertz CT molecular complexity index is 440. The van der Waals surface area contributed by atoms with E-state index in [0.29, 0.717) is 12.4 Å². The van der Waals surface area contributed by atoms with Gasteiger partial charge in [-0.2, -0.15) is 0 Å². The molecule has 2 heterocycles. The molecule has 0 saturated carbocycles. The monoisotopic (exact) mass is 224 g/mol. The normalized spacial score (nSPS) is 10.3. The Morgan fingerprint density at radius 1 is 1.33 bits per heavy atom. The lowest BCUT2D eigenvalue weighted by atomic mass is 10.6. The van der Waals surface area contributed by atoms with Crippen LogP contribution in [-0.2, 0) is 13.7 Å². The number of hydrogen-bond acceptors (Lipinski definition) is 4. The first kappa shape index (κ1) is 9.92. The molecule has 0 saturated heterocycles. The lowest BCUT2D eigenvalue weighted by Gasteiger charge is -2.04. The fraction of sp³-hybridized carbons (Fsp3) is 0.222. The Hall–Kier alpha value is -1.62. The smallest absolute Gasteiger partial charge is 0.222 e. The van der Waals surface area contributed by atoms with Gasteiger partial charge in [0.05, 0.1) is 12.4 Å². The molecule has 0 aliphatic carbocycles. The van der Waals surface area contributed by atoms with Crippen LogP contribution < -0.4 is 4.74 Å². The number of halogens is 1. The molecule has 0 spiro atoms. The minimum Gasteiger partial charge on any atom is -0.482 e. The number of aromatic nitrogens is 4. The van der Waals surface area contributed by atoms with E-state index in [2.05, 4.69) is 15.0 Å². The van der Waals surface area contributed by atoms with E-state index in [9.17, 15) is 0 Å². The second-order valence-corrected chi connectivity index (χ2v) is 3.27. The van der Waals surface area contributed by atoms with Crippen molar-refractivity contribution in [1.82, 2.24) is 19.5 Å². The predicted octanol–water partition coefficient (Wildman–Crippen LogP) is 1.44. The predicted molar refractivity (Wildman–Crippen MR) is 54.6 cm³/mol. The number of nitrogens with zero attached hydrogens (tertiary/aromatic N) is 4. The van der Waals surface area contributed by atoms with E-state index in [-0.39, 0.29) is 5.28 Å². The maximum Gasteiger partial charge on any atom is 0.222 e. The van der Waals surface area contributed by atoms with Crippen LogP contribution in [0.25, 0.3) is 0 Å². The summed E-state index contributed by atoms with van der Waals surface area (Å²) in [5, 5.41) is 0.208. The molecule has 0 aliphatic heterocycles. The molecule has 0 aromatic carbocycles. The van der Waals surface area contributed by atoms with Gasteiger partial charge in [-0.3, -0.25) is 0 Å². The van der Waals surface area contributed by atoms with E-state index in [0.717, 1.165) is 5.82 Å². The van der Waals surface area contributed by atoms with E-state index >= 15 is 0 Å². The molecule has 0 N–H and O–H groups in total. The number of ether oxygens (including phenoxy) is 1. The number of hydrogen-bond donors (Lipinski definition) is 0. The van der Waals surface area contributed by atoms with Crippen molar-refractivity contribution in [3.63, 3.8) is 0 Å². The summed E-state index contributed by atoms with van der Waals surface area (Å²) >= 11 is 5.54. The third kappa shape index (κ3) is 2.44. The minimum absolute atomic E-state index is 0.208. The lowest BCUT2D eigenvalue weighted by molar-refractivity contribution is 0.289. The van der Waals surface area contributed by atoms with Crippen molar-refractivity contribution in [2.45, 2.75) is 6.61 Å². The number of imidazole rings is 1. The molecule has 15 heavy (non-hydrogen) atoms. The van der Waals surface area contributed by atoms with Crippen LogP contribution in [0.1, 0.15) is 5.82 Å². The summed E-state index contributed by atoms with van der Waals surface area (Å²) in [5.41, 5.74) is 0. The molecule has 0 atom stereocenters. The molecule has 6 heteroatoms. The molecular weight excluding hydrogens is 216 g/mol. The number of rotatable bonds is 3. The summed E-state index contributed by atoms with van der Waals surface area (Å²) in [6.07, 6.45) is 6.63. The van der Waals surface area contributed by atoms with Crippen LogP contribution in [0.15, 0.2) is 24.8 Å². The summed E-state index contributed by atoms with van der Waals surface area (Å²) in [6.45, 7) is 0.383. The largest absolute Gasteiger partial charge is 0.482 e. The molecule has 0 radical (unpaired) electrons. The van der Waals surface area contributed by atoms with Gasteiger partial charge < -0.3 is 9.30 Å². The highest BCUT2D eigenvalue weighted by molar-refractivity contribution is 6.28. The van der Waals surface area contributed by atoms with Crippen molar-refractivity contribution >= 4 is 11.6 Å². The Morgan fingerprint density at radius 3 is 2.67 bits per heavy atom. The standard InChI is InChI=1S/C9H9ClN4O/c1-14-3-2-11-8(14)6-15-7-4-12-9(10)13-5-7/h2-5H,6H2,1H3. The Labute approximate surface area is 91.7 Å². The zero-order valence-electron chi connectivity index (χ0n) is 8.09. The van der Waals surface area contributed by atoms with Gasteiger partial charge in [-0.15, -0.1) is 0 Å². The molecule has 0 bridgehead atoms. The fourth-order valence-electron chi connectivity index (χ4n) is 1.06. The second-order valence-electron chi connectivity index (χ2n) is 2.93. The van der Waals surface area contributed by atoms with E-state index in [1.54, 1.807) is 6.20 Å². The van der Waals surface area contributed by atoms with Crippen molar-refractivity contribution in [1.29, 1.82) is 0 Å². The Balaban J connectivity index is 1.99. The van der Waals surface area contributed by atoms with Gasteiger partial charge in [-0.1, -0.05) is 0 Å². The summed E-state index contributed by atoms with van der Waals surface area (Å²) in [4.78, 5) is 11.7.